The summed E-state index contributed by atoms with van der Waals surface area (Å²) < 4.78 is 1.75. The van der Waals surface area contributed by atoms with Gasteiger partial charge in [0.1, 0.15) is 0 Å². The molecule has 0 aliphatic heterocycles. The maximum absolute atomic E-state index is 12.7. The second-order valence-electron chi connectivity index (χ2n) is 6.07. The minimum Gasteiger partial charge on any atom is -0.339 e. The maximum atomic E-state index is 12.7. The van der Waals surface area contributed by atoms with Gasteiger partial charge in [0.15, 0.2) is 0 Å². The number of aryl methyl sites for hydroxylation is 2. The van der Waals surface area contributed by atoms with Crippen LogP contribution in [0.1, 0.15) is 41.2 Å². The number of fused-ring (bicyclic) bond motifs is 1. The van der Waals surface area contributed by atoms with Crippen LogP contribution >= 0.6 is 11.8 Å². The Morgan fingerprint density at radius 1 is 1.15 bits per heavy atom. The summed E-state index contributed by atoms with van der Waals surface area (Å²) in [5, 5.41) is 5.18. The molecule has 7 heteroatoms. The first-order valence-corrected chi connectivity index (χ1v) is 9.73. The SMILES string of the molecule is CCN(CC)C(=O)c1ccccc1CSc1nc2nc(C)cc(C)n2n1. The Balaban J connectivity index is 1.82. The van der Waals surface area contributed by atoms with Crippen molar-refractivity contribution in [2.24, 2.45) is 0 Å². The van der Waals surface area contributed by atoms with Gasteiger partial charge in [-0.1, -0.05) is 30.0 Å². The lowest BCUT2D eigenvalue weighted by Crippen LogP contribution is -2.31. The van der Waals surface area contributed by atoms with Gasteiger partial charge in [-0.15, -0.1) is 5.10 Å². The van der Waals surface area contributed by atoms with Crippen LogP contribution in [0.15, 0.2) is 35.5 Å². The van der Waals surface area contributed by atoms with Crippen molar-refractivity contribution in [3.63, 3.8) is 0 Å². The number of benzene rings is 1. The van der Waals surface area contributed by atoms with E-state index in [-0.39, 0.29) is 5.91 Å². The van der Waals surface area contributed by atoms with E-state index in [0.29, 0.717) is 29.8 Å². The van der Waals surface area contributed by atoms with Crippen molar-refractivity contribution in [2.45, 2.75) is 38.6 Å². The van der Waals surface area contributed by atoms with Crippen molar-refractivity contribution in [1.82, 2.24) is 24.5 Å². The van der Waals surface area contributed by atoms with Gasteiger partial charge in [-0.25, -0.2) is 9.50 Å². The molecule has 0 radical (unpaired) electrons. The average Bonchev–Trinajstić information content (AvgIpc) is 3.04. The maximum Gasteiger partial charge on any atom is 0.254 e. The van der Waals surface area contributed by atoms with Crippen LogP contribution < -0.4 is 0 Å². The average molecular weight is 369 g/mol. The van der Waals surface area contributed by atoms with Crippen LogP contribution in [0.2, 0.25) is 0 Å². The van der Waals surface area contributed by atoms with Crippen molar-refractivity contribution in [3.8, 4) is 0 Å². The predicted octanol–water partition coefficient (Wildman–Crippen LogP) is 3.52. The highest BCUT2D eigenvalue weighted by molar-refractivity contribution is 7.98. The number of hydrogen-bond acceptors (Lipinski definition) is 5. The number of nitrogens with zero attached hydrogens (tertiary/aromatic N) is 5. The number of carbonyl (C=O) groups excluding carboxylic acids is 1. The molecule has 2 heterocycles. The summed E-state index contributed by atoms with van der Waals surface area (Å²) in [6.45, 7) is 9.34. The van der Waals surface area contributed by atoms with Gasteiger partial charge in [0.25, 0.3) is 11.7 Å². The first kappa shape index (κ1) is 18.4. The number of aromatic nitrogens is 4. The van der Waals surface area contributed by atoms with Crippen molar-refractivity contribution in [2.75, 3.05) is 13.1 Å². The zero-order valence-corrected chi connectivity index (χ0v) is 16.4. The summed E-state index contributed by atoms with van der Waals surface area (Å²) in [5.41, 5.74) is 3.67. The predicted molar refractivity (Wildman–Crippen MR) is 104 cm³/mol. The molecule has 26 heavy (non-hydrogen) atoms. The van der Waals surface area contributed by atoms with Crippen LogP contribution in [0.4, 0.5) is 0 Å². The molecule has 0 saturated heterocycles. The smallest absolute Gasteiger partial charge is 0.254 e. The van der Waals surface area contributed by atoms with Crippen LogP contribution in [0.3, 0.4) is 0 Å². The number of rotatable bonds is 6. The molecule has 0 bridgehead atoms. The van der Waals surface area contributed by atoms with Gasteiger partial charge in [-0.2, -0.15) is 4.98 Å². The summed E-state index contributed by atoms with van der Waals surface area (Å²) >= 11 is 1.52. The minimum absolute atomic E-state index is 0.0716. The first-order chi connectivity index (χ1) is 12.5. The van der Waals surface area contributed by atoms with Gasteiger partial charge in [0.05, 0.1) is 0 Å². The van der Waals surface area contributed by atoms with E-state index in [1.807, 2.05) is 62.9 Å². The van der Waals surface area contributed by atoms with Gasteiger partial charge in [-0.3, -0.25) is 4.79 Å². The number of hydrogen-bond donors (Lipinski definition) is 0. The summed E-state index contributed by atoms with van der Waals surface area (Å²) in [7, 11) is 0. The third kappa shape index (κ3) is 3.72. The van der Waals surface area contributed by atoms with E-state index >= 15 is 0 Å². The van der Waals surface area contributed by atoms with Crippen molar-refractivity contribution in [3.05, 3.63) is 52.8 Å². The van der Waals surface area contributed by atoms with Crippen LogP contribution in [-0.2, 0) is 5.75 Å². The molecule has 6 nitrogen and oxygen atoms in total. The fourth-order valence-corrected chi connectivity index (χ4v) is 3.71. The molecule has 0 spiro atoms. The Labute approximate surface area is 157 Å². The van der Waals surface area contributed by atoms with E-state index in [4.69, 9.17) is 0 Å². The summed E-state index contributed by atoms with van der Waals surface area (Å²) in [5.74, 6) is 1.32. The second-order valence-corrected chi connectivity index (χ2v) is 7.01. The molecule has 0 aliphatic carbocycles. The van der Waals surface area contributed by atoms with E-state index in [2.05, 4.69) is 15.1 Å². The van der Waals surface area contributed by atoms with Gasteiger partial charge < -0.3 is 4.90 Å². The summed E-state index contributed by atoms with van der Waals surface area (Å²) in [6, 6.07) is 9.73. The van der Waals surface area contributed by atoms with E-state index in [1.165, 1.54) is 11.8 Å². The van der Waals surface area contributed by atoms with Crippen LogP contribution in [-0.4, -0.2) is 43.5 Å². The van der Waals surface area contributed by atoms with E-state index in [1.54, 1.807) is 4.52 Å². The Bertz CT molecular complexity index is 933. The van der Waals surface area contributed by atoms with Gasteiger partial charge in [0.2, 0.25) is 5.16 Å². The zero-order chi connectivity index (χ0) is 18.7. The first-order valence-electron chi connectivity index (χ1n) is 8.74. The van der Waals surface area contributed by atoms with Gasteiger partial charge in [0, 0.05) is 35.8 Å². The molecule has 3 aromatic rings. The summed E-state index contributed by atoms with van der Waals surface area (Å²) in [6.07, 6.45) is 0. The fourth-order valence-electron chi connectivity index (χ4n) is 2.89. The Kier molecular flexibility index (Phi) is 5.56. The highest BCUT2D eigenvalue weighted by atomic mass is 32.2. The molecule has 0 fully saturated rings. The molecule has 3 rings (SSSR count). The van der Waals surface area contributed by atoms with Gasteiger partial charge in [-0.05, 0) is 45.4 Å². The topological polar surface area (TPSA) is 63.4 Å². The van der Waals surface area contributed by atoms with Crippen LogP contribution in [0, 0.1) is 13.8 Å². The summed E-state index contributed by atoms with van der Waals surface area (Å²) in [4.78, 5) is 23.5. The highest BCUT2D eigenvalue weighted by Crippen LogP contribution is 2.23. The van der Waals surface area contributed by atoms with Crippen molar-refractivity contribution in [1.29, 1.82) is 0 Å². The Morgan fingerprint density at radius 2 is 1.88 bits per heavy atom. The number of thioether (sulfide) groups is 1. The van der Waals surface area contributed by atoms with Crippen molar-refractivity contribution < 1.29 is 4.79 Å². The minimum atomic E-state index is 0.0716. The molecule has 0 N–H and O–H groups in total. The van der Waals surface area contributed by atoms with E-state index < -0.39 is 0 Å². The monoisotopic (exact) mass is 369 g/mol. The molecule has 0 saturated carbocycles. The Morgan fingerprint density at radius 3 is 2.62 bits per heavy atom. The molecule has 1 amide bonds. The third-order valence-electron chi connectivity index (χ3n) is 4.25. The lowest BCUT2D eigenvalue weighted by atomic mass is 10.1. The lowest BCUT2D eigenvalue weighted by Gasteiger charge is -2.20. The number of carbonyl (C=O) groups is 1. The third-order valence-corrected chi connectivity index (χ3v) is 5.14. The van der Waals surface area contributed by atoms with Crippen LogP contribution in [0.5, 0.6) is 0 Å². The van der Waals surface area contributed by atoms with Crippen LogP contribution in [0.25, 0.3) is 5.78 Å². The molecule has 0 atom stereocenters. The lowest BCUT2D eigenvalue weighted by molar-refractivity contribution is 0.0772. The fraction of sp³-hybridized carbons (Fsp3) is 0.368. The highest BCUT2D eigenvalue weighted by Gasteiger charge is 2.17. The van der Waals surface area contributed by atoms with E-state index in [0.717, 1.165) is 22.5 Å². The molecule has 136 valence electrons. The molecule has 0 aliphatic rings. The second kappa shape index (κ2) is 7.86. The largest absolute Gasteiger partial charge is 0.339 e. The molecule has 2 aromatic heterocycles. The molecule has 0 unspecified atom stereocenters. The standard InChI is InChI=1S/C19H23N5OS/c1-5-23(6-2)17(25)16-10-8-7-9-15(16)12-26-19-21-18-20-13(3)11-14(4)24(18)22-19/h7-11H,5-6,12H2,1-4H3. The van der Waals surface area contributed by atoms with Gasteiger partial charge >= 0.3 is 0 Å². The zero-order valence-electron chi connectivity index (χ0n) is 15.6. The van der Waals surface area contributed by atoms with Crippen molar-refractivity contribution >= 4 is 23.4 Å². The van der Waals surface area contributed by atoms with E-state index in [9.17, 15) is 4.79 Å². The quantitative estimate of drug-likeness (QED) is 0.622. The molecule has 1 aromatic carbocycles. The molecular formula is C19H23N5OS. The number of amides is 1. The normalized spacial score (nSPS) is 11.1. The molecular weight excluding hydrogens is 346 g/mol. The Hall–Kier alpha value is -2.41.